The second kappa shape index (κ2) is 4.69. The highest BCUT2D eigenvalue weighted by atomic mass is 32.1. The highest BCUT2D eigenvalue weighted by Gasteiger charge is 2.19. The lowest BCUT2D eigenvalue weighted by atomic mass is 10.2. The van der Waals surface area contributed by atoms with E-state index in [9.17, 15) is 10.1 Å². The van der Waals surface area contributed by atoms with Crippen LogP contribution >= 0.6 is 11.3 Å². The number of nitrogen functional groups attached to an aromatic ring is 1. The Kier molecular flexibility index (Phi) is 3.24. The van der Waals surface area contributed by atoms with Crippen molar-refractivity contribution in [3.63, 3.8) is 0 Å². The number of rotatable bonds is 3. The van der Waals surface area contributed by atoms with E-state index in [1.807, 2.05) is 13.8 Å². The van der Waals surface area contributed by atoms with Crippen LogP contribution < -0.4 is 5.73 Å². The van der Waals surface area contributed by atoms with Crippen molar-refractivity contribution in [3.8, 4) is 10.6 Å². The number of hydrogen-bond donors (Lipinski definition) is 1. The molecule has 0 radical (unpaired) electrons. The van der Waals surface area contributed by atoms with Gasteiger partial charge in [0.05, 0.1) is 10.5 Å². The maximum absolute atomic E-state index is 11.0. The average Bonchev–Trinajstić information content (AvgIpc) is 2.78. The highest BCUT2D eigenvalue weighted by Crippen LogP contribution is 2.34. The van der Waals surface area contributed by atoms with E-state index in [4.69, 9.17) is 5.73 Å². The largest absolute Gasteiger partial charge is 0.399 e. The molecule has 6 nitrogen and oxygen atoms in total. The third kappa shape index (κ3) is 2.30. The highest BCUT2D eigenvalue weighted by molar-refractivity contribution is 7.14. The Morgan fingerprint density at radius 2 is 2.11 bits per heavy atom. The van der Waals surface area contributed by atoms with Crippen LogP contribution in [0.25, 0.3) is 10.6 Å². The van der Waals surface area contributed by atoms with Crippen LogP contribution in [-0.4, -0.2) is 15.1 Å². The van der Waals surface area contributed by atoms with Gasteiger partial charge in [-0.2, -0.15) is 0 Å². The maximum Gasteiger partial charge on any atom is 0.281 e. The Bertz CT molecular complexity index is 594. The molecule has 0 aliphatic carbocycles. The predicted octanol–water partition coefficient (Wildman–Crippen LogP) is 2.82. The summed E-state index contributed by atoms with van der Waals surface area (Å²) >= 11 is 1.36. The van der Waals surface area contributed by atoms with Crippen LogP contribution in [0.3, 0.4) is 0 Å². The van der Waals surface area contributed by atoms with Gasteiger partial charge in [0.2, 0.25) is 0 Å². The molecule has 0 bridgehead atoms. The minimum absolute atomic E-state index is 0.0403. The molecule has 1 aromatic heterocycles. The number of hydrogen-bond acceptors (Lipinski definition) is 6. The fourth-order valence-electron chi connectivity index (χ4n) is 1.46. The van der Waals surface area contributed by atoms with E-state index < -0.39 is 4.92 Å². The molecule has 0 spiro atoms. The van der Waals surface area contributed by atoms with Crippen molar-refractivity contribution in [3.05, 3.63) is 33.3 Å². The average molecular weight is 264 g/mol. The van der Waals surface area contributed by atoms with Crippen LogP contribution in [0.4, 0.5) is 11.4 Å². The summed E-state index contributed by atoms with van der Waals surface area (Å²) < 4.78 is 0. The van der Waals surface area contributed by atoms with E-state index in [1.165, 1.54) is 17.4 Å². The van der Waals surface area contributed by atoms with Crippen LogP contribution in [0.2, 0.25) is 0 Å². The molecule has 2 rings (SSSR count). The Balaban J connectivity index is 2.52. The van der Waals surface area contributed by atoms with Crippen LogP contribution in [0.5, 0.6) is 0 Å². The van der Waals surface area contributed by atoms with E-state index in [1.54, 1.807) is 12.1 Å². The smallest absolute Gasteiger partial charge is 0.281 e. The van der Waals surface area contributed by atoms with Gasteiger partial charge in [0, 0.05) is 17.7 Å². The molecule has 0 aliphatic heterocycles. The van der Waals surface area contributed by atoms with Gasteiger partial charge in [-0.25, -0.2) is 0 Å². The monoisotopic (exact) mass is 264 g/mol. The van der Waals surface area contributed by atoms with Crippen molar-refractivity contribution >= 4 is 22.7 Å². The van der Waals surface area contributed by atoms with Crippen molar-refractivity contribution in [2.45, 2.75) is 19.8 Å². The molecule has 0 fully saturated rings. The molecule has 7 heteroatoms. The molecule has 94 valence electrons. The molecule has 2 N–H and O–H groups in total. The standard InChI is InChI=1S/C11H12N4O2S/c1-6(2)10-13-14-11(18-10)8-4-3-7(12)5-9(8)15(16)17/h3-6H,12H2,1-2H3. The van der Waals surface area contributed by atoms with Crippen molar-refractivity contribution in [1.82, 2.24) is 10.2 Å². The van der Waals surface area contributed by atoms with Crippen LogP contribution in [0.1, 0.15) is 24.8 Å². The summed E-state index contributed by atoms with van der Waals surface area (Å²) in [6, 6.07) is 4.57. The molecule has 18 heavy (non-hydrogen) atoms. The lowest BCUT2D eigenvalue weighted by Crippen LogP contribution is -1.94. The third-order valence-corrected chi connectivity index (χ3v) is 3.64. The first-order chi connectivity index (χ1) is 8.49. The summed E-state index contributed by atoms with van der Waals surface area (Å²) in [6.07, 6.45) is 0. The van der Waals surface area contributed by atoms with Crippen molar-refractivity contribution in [2.75, 3.05) is 5.73 Å². The predicted molar refractivity (Wildman–Crippen MR) is 70.5 cm³/mol. The summed E-state index contributed by atoms with van der Waals surface area (Å²) in [7, 11) is 0. The van der Waals surface area contributed by atoms with Crippen LogP contribution in [-0.2, 0) is 0 Å². The summed E-state index contributed by atoms with van der Waals surface area (Å²) in [6.45, 7) is 4.00. The number of anilines is 1. The lowest BCUT2D eigenvalue weighted by Gasteiger charge is -2.00. The van der Waals surface area contributed by atoms with Gasteiger partial charge in [0.15, 0.2) is 5.01 Å². The first kappa shape index (κ1) is 12.4. The molecular formula is C11H12N4O2S. The van der Waals surface area contributed by atoms with Gasteiger partial charge in [-0.15, -0.1) is 10.2 Å². The molecular weight excluding hydrogens is 252 g/mol. The number of nitro groups is 1. The number of nitro benzene ring substituents is 1. The Hall–Kier alpha value is -2.02. The SMILES string of the molecule is CC(C)c1nnc(-c2ccc(N)cc2[N+](=O)[O-])s1. The minimum atomic E-state index is -0.456. The second-order valence-corrected chi connectivity index (χ2v) is 5.14. The van der Waals surface area contributed by atoms with Gasteiger partial charge in [0.1, 0.15) is 5.01 Å². The Morgan fingerprint density at radius 3 is 2.67 bits per heavy atom. The van der Waals surface area contributed by atoms with Crippen molar-refractivity contribution in [1.29, 1.82) is 0 Å². The fourth-order valence-corrected chi connectivity index (χ4v) is 2.34. The third-order valence-electron chi connectivity index (χ3n) is 2.38. The van der Waals surface area contributed by atoms with Gasteiger partial charge in [0.25, 0.3) is 5.69 Å². The zero-order valence-corrected chi connectivity index (χ0v) is 10.8. The molecule has 1 heterocycles. The molecule has 0 aliphatic rings. The zero-order chi connectivity index (χ0) is 13.3. The molecule has 0 amide bonds. The normalized spacial score (nSPS) is 10.8. The summed E-state index contributed by atoms with van der Waals surface area (Å²) in [4.78, 5) is 10.5. The Labute approximate surface area is 108 Å². The zero-order valence-electron chi connectivity index (χ0n) is 9.95. The van der Waals surface area contributed by atoms with Gasteiger partial charge in [-0.1, -0.05) is 25.2 Å². The summed E-state index contributed by atoms with van der Waals surface area (Å²) in [5.74, 6) is 0.254. The topological polar surface area (TPSA) is 94.9 Å². The van der Waals surface area contributed by atoms with E-state index >= 15 is 0 Å². The molecule has 1 aromatic carbocycles. The van der Waals surface area contributed by atoms with E-state index in [0.29, 0.717) is 16.3 Å². The number of nitrogens with two attached hydrogens (primary N) is 1. The van der Waals surface area contributed by atoms with Gasteiger partial charge in [-0.3, -0.25) is 10.1 Å². The first-order valence-electron chi connectivity index (χ1n) is 5.36. The lowest BCUT2D eigenvalue weighted by molar-refractivity contribution is -0.384. The minimum Gasteiger partial charge on any atom is -0.399 e. The van der Waals surface area contributed by atoms with Crippen LogP contribution in [0, 0.1) is 10.1 Å². The maximum atomic E-state index is 11.0. The number of benzene rings is 1. The van der Waals surface area contributed by atoms with Gasteiger partial charge in [-0.05, 0) is 12.1 Å². The second-order valence-electron chi connectivity index (χ2n) is 4.13. The van der Waals surface area contributed by atoms with Crippen LogP contribution in [0.15, 0.2) is 18.2 Å². The summed E-state index contributed by atoms with van der Waals surface area (Å²) in [5, 5.41) is 20.4. The van der Waals surface area contributed by atoms with Crippen molar-refractivity contribution < 1.29 is 4.92 Å². The Morgan fingerprint density at radius 1 is 1.39 bits per heavy atom. The fraction of sp³-hybridized carbons (Fsp3) is 0.273. The number of nitrogens with zero attached hydrogens (tertiary/aromatic N) is 3. The van der Waals surface area contributed by atoms with E-state index in [-0.39, 0.29) is 11.6 Å². The first-order valence-corrected chi connectivity index (χ1v) is 6.18. The summed E-state index contributed by atoms with van der Waals surface area (Å²) in [5.41, 5.74) is 6.34. The van der Waals surface area contributed by atoms with E-state index in [0.717, 1.165) is 5.01 Å². The molecule has 0 atom stereocenters. The van der Waals surface area contributed by atoms with Gasteiger partial charge < -0.3 is 5.73 Å². The molecule has 2 aromatic rings. The molecule has 0 saturated carbocycles. The van der Waals surface area contributed by atoms with Crippen molar-refractivity contribution in [2.24, 2.45) is 0 Å². The quantitative estimate of drug-likeness (QED) is 0.522. The molecule has 0 saturated heterocycles. The van der Waals surface area contributed by atoms with Gasteiger partial charge >= 0.3 is 0 Å². The molecule has 0 unspecified atom stereocenters. The van der Waals surface area contributed by atoms with E-state index in [2.05, 4.69) is 10.2 Å². The number of aromatic nitrogens is 2.